The monoisotopic (exact) mass is 585 g/mol. The molecular formula is C32H39N7O4. The Morgan fingerprint density at radius 3 is 2.53 bits per heavy atom. The second-order valence-electron chi connectivity index (χ2n) is 11.9. The molecule has 0 aliphatic carbocycles. The molecule has 11 nitrogen and oxygen atoms in total. The quantitative estimate of drug-likeness (QED) is 0.456. The largest absolute Gasteiger partial charge is 0.444 e. The predicted molar refractivity (Wildman–Crippen MR) is 167 cm³/mol. The minimum atomic E-state index is -0.596. The molecule has 1 unspecified atom stereocenters. The van der Waals surface area contributed by atoms with Gasteiger partial charge in [0.2, 0.25) is 0 Å². The fraction of sp³-hybridized carbons (Fsp3) is 0.438. The van der Waals surface area contributed by atoms with E-state index in [0.717, 1.165) is 29.5 Å². The standard InChI is InChI=1S/C32H39N7O4/c1-7-8-20-38-26-27(35(5)30(38)37-19-13-16-23(21-37)33-29(41)43-32(2,3)4)36(6)31(42)39(28(26)40)25-18-12-17-24(34-25)22-14-10-9-11-15-22/h9-12,14-15,17-18,23,30H,13,16,19-21H2,1-6H3,(H,33,41)/t23-,30?/m1/s1. The molecule has 1 saturated heterocycles. The summed E-state index contributed by atoms with van der Waals surface area (Å²) in [5, 5.41) is 3.01. The molecule has 0 saturated carbocycles. The first-order valence-corrected chi connectivity index (χ1v) is 14.5. The molecule has 11 heteroatoms. The number of rotatable bonds is 5. The highest BCUT2D eigenvalue weighted by atomic mass is 16.6. The summed E-state index contributed by atoms with van der Waals surface area (Å²) in [5.74, 6) is 6.83. The minimum absolute atomic E-state index is 0.134. The van der Waals surface area contributed by atoms with E-state index in [-0.39, 0.29) is 18.4 Å². The van der Waals surface area contributed by atoms with Crippen molar-refractivity contribution in [2.75, 3.05) is 36.5 Å². The van der Waals surface area contributed by atoms with Gasteiger partial charge >= 0.3 is 11.8 Å². The van der Waals surface area contributed by atoms with Crippen LogP contribution in [-0.4, -0.2) is 69.7 Å². The minimum Gasteiger partial charge on any atom is -0.444 e. The van der Waals surface area contributed by atoms with Crippen molar-refractivity contribution in [3.05, 3.63) is 69.4 Å². The van der Waals surface area contributed by atoms with E-state index in [9.17, 15) is 14.4 Å². The van der Waals surface area contributed by atoms with E-state index in [2.05, 4.69) is 22.1 Å². The van der Waals surface area contributed by atoms with Crippen LogP contribution in [0, 0.1) is 11.8 Å². The fourth-order valence-corrected chi connectivity index (χ4v) is 5.87. The van der Waals surface area contributed by atoms with E-state index in [4.69, 9.17) is 9.72 Å². The molecule has 4 heterocycles. The molecule has 226 valence electrons. The van der Waals surface area contributed by atoms with Crippen LogP contribution in [-0.2, 0) is 11.8 Å². The van der Waals surface area contributed by atoms with Crippen molar-refractivity contribution in [3.8, 4) is 28.9 Å². The lowest BCUT2D eigenvalue weighted by Crippen LogP contribution is -2.60. The number of hydrogen-bond acceptors (Lipinski definition) is 8. The van der Waals surface area contributed by atoms with Crippen LogP contribution in [0.5, 0.6) is 0 Å². The second kappa shape index (κ2) is 12.0. The number of alkyl carbamates (subject to hydrolysis) is 1. The predicted octanol–water partition coefficient (Wildman–Crippen LogP) is 3.15. The lowest BCUT2D eigenvalue weighted by Gasteiger charge is -2.42. The van der Waals surface area contributed by atoms with Crippen molar-refractivity contribution < 1.29 is 9.53 Å². The number of piperidine rings is 1. The van der Waals surface area contributed by atoms with Crippen LogP contribution < -0.4 is 26.4 Å². The normalized spacial score (nSPS) is 18.6. The average molecular weight is 586 g/mol. The third-order valence-corrected chi connectivity index (χ3v) is 7.62. The Morgan fingerprint density at radius 2 is 1.84 bits per heavy atom. The average Bonchev–Trinajstić information content (AvgIpc) is 3.26. The summed E-state index contributed by atoms with van der Waals surface area (Å²) in [6.45, 7) is 8.83. The Morgan fingerprint density at radius 1 is 1.09 bits per heavy atom. The van der Waals surface area contributed by atoms with E-state index in [1.165, 1.54) is 4.57 Å². The summed E-state index contributed by atoms with van der Waals surface area (Å²) in [7, 11) is 3.55. The van der Waals surface area contributed by atoms with Gasteiger partial charge in [-0.1, -0.05) is 42.3 Å². The molecule has 3 aromatic rings. The van der Waals surface area contributed by atoms with Crippen LogP contribution in [0.1, 0.15) is 40.5 Å². The topological polar surface area (TPSA) is 105 Å². The Bertz CT molecular complexity index is 1680. The Kier molecular flexibility index (Phi) is 8.33. The van der Waals surface area contributed by atoms with Gasteiger partial charge in [-0.3, -0.25) is 14.3 Å². The van der Waals surface area contributed by atoms with Gasteiger partial charge in [-0.25, -0.2) is 19.1 Å². The van der Waals surface area contributed by atoms with Crippen LogP contribution in [0.25, 0.3) is 17.1 Å². The van der Waals surface area contributed by atoms with Crippen molar-refractivity contribution in [1.82, 2.24) is 24.3 Å². The highest BCUT2D eigenvalue weighted by Gasteiger charge is 2.43. The van der Waals surface area contributed by atoms with E-state index in [0.29, 0.717) is 23.7 Å². The van der Waals surface area contributed by atoms with Gasteiger partial charge in [0.25, 0.3) is 5.56 Å². The van der Waals surface area contributed by atoms with Gasteiger partial charge in [-0.05, 0) is 52.7 Å². The van der Waals surface area contributed by atoms with Gasteiger partial charge in [-0.15, -0.1) is 5.92 Å². The fourth-order valence-electron chi connectivity index (χ4n) is 5.87. The van der Waals surface area contributed by atoms with E-state index < -0.39 is 29.2 Å². The summed E-state index contributed by atoms with van der Waals surface area (Å²) < 4.78 is 8.12. The number of hydrogen-bond donors (Lipinski definition) is 1. The maximum Gasteiger partial charge on any atom is 0.407 e. The second-order valence-corrected chi connectivity index (χ2v) is 11.9. The Labute approximate surface area is 251 Å². The number of likely N-dealkylation sites (tertiary alicyclic amines) is 1. The lowest BCUT2D eigenvalue weighted by atomic mass is 10.1. The molecule has 0 radical (unpaired) electrons. The summed E-state index contributed by atoms with van der Waals surface area (Å²) in [6, 6.07) is 14.8. The van der Waals surface area contributed by atoms with Crippen molar-refractivity contribution in [2.45, 2.75) is 58.5 Å². The molecule has 2 aliphatic heterocycles. The molecule has 1 amide bonds. The number of fused-ring (bicyclic) bond motifs is 1. The van der Waals surface area contributed by atoms with Crippen molar-refractivity contribution >= 4 is 17.6 Å². The SMILES string of the molecule is CC#CCN1c2c(n(C)c(=O)n(-c3cccc(-c4ccccc4)n3)c2=O)N(C)C1N1CCC[C@@H](NC(=O)OC(C)(C)C)C1. The molecule has 2 atom stereocenters. The zero-order chi connectivity index (χ0) is 30.9. The molecule has 43 heavy (non-hydrogen) atoms. The number of pyridine rings is 1. The summed E-state index contributed by atoms with van der Waals surface area (Å²) in [4.78, 5) is 51.4. The van der Waals surface area contributed by atoms with E-state index in [1.54, 1.807) is 26.1 Å². The van der Waals surface area contributed by atoms with Crippen molar-refractivity contribution in [1.29, 1.82) is 0 Å². The molecule has 0 spiro atoms. The third kappa shape index (κ3) is 6.01. The number of nitrogens with zero attached hydrogens (tertiary/aromatic N) is 6. The van der Waals surface area contributed by atoms with Crippen molar-refractivity contribution in [3.63, 3.8) is 0 Å². The van der Waals surface area contributed by atoms with Crippen molar-refractivity contribution in [2.24, 2.45) is 7.05 Å². The molecule has 1 N–H and O–H groups in total. The van der Waals surface area contributed by atoms with Gasteiger partial charge in [0.05, 0.1) is 12.2 Å². The number of nitrogens with one attached hydrogen (secondary N) is 1. The summed E-state index contributed by atoms with van der Waals surface area (Å²) >= 11 is 0. The molecule has 2 aromatic heterocycles. The summed E-state index contributed by atoms with van der Waals surface area (Å²) in [6.07, 6.45) is 0.805. The van der Waals surface area contributed by atoms with Gasteiger partial charge in [0.1, 0.15) is 22.9 Å². The van der Waals surface area contributed by atoms with Crippen LogP contribution in [0.4, 0.5) is 16.3 Å². The number of anilines is 2. The zero-order valence-corrected chi connectivity index (χ0v) is 25.6. The Balaban J connectivity index is 1.54. The molecule has 5 rings (SSSR count). The van der Waals surface area contributed by atoms with Gasteiger partial charge in [0.15, 0.2) is 6.29 Å². The smallest absolute Gasteiger partial charge is 0.407 e. The number of benzene rings is 1. The highest BCUT2D eigenvalue weighted by Crippen LogP contribution is 2.37. The van der Waals surface area contributed by atoms with Crippen LogP contribution >= 0.6 is 0 Å². The number of ether oxygens (including phenoxy) is 1. The maximum atomic E-state index is 14.3. The highest BCUT2D eigenvalue weighted by molar-refractivity contribution is 5.74. The van der Waals surface area contributed by atoms with Crippen LogP contribution in [0.3, 0.4) is 0 Å². The Hall–Kier alpha value is -4.56. The van der Waals surface area contributed by atoms with Gasteiger partial charge < -0.3 is 19.9 Å². The number of amides is 1. The van der Waals surface area contributed by atoms with E-state index >= 15 is 0 Å². The first kappa shape index (κ1) is 29.9. The zero-order valence-electron chi connectivity index (χ0n) is 25.6. The molecule has 1 aromatic carbocycles. The number of carbonyl (C=O) groups is 1. The first-order valence-electron chi connectivity index (χ1n) is 14.5. The van der Waals surface area contributed by atoms with Crippen LogP contribution in [0.2, 0.25) is 0 Å². The third-order valence-electron chi connectivity index (χ3n) is 7.62. The van der Waals surface area contributed by atoms with Gasteiger partial charge in [-0.2, -0.15) is 0 Å². The van der Waals surface area contributed by atoms with Crippen LogP contribution in [0.15, 0.2) is 58.1 Å². The molecule has 0 bridgehead atoms. The first-order chi connectivity index (χ1) is 20.5. The maximum absolute atomic E-state index is 14.3. The molecule has 2 aliphatic rings. The van der Waals surface area contributed by atoms with E-state index in [1.807, 2.05) is 74.0 Å². The van der Waals surface area contributed by atoms with Gasteiger partial charge in [0, 0.05) is 38.8 Å². The number of aromatic nitrogens is 3. The lowest BCUT2D eigenvalue weighted by molar-refractivity contribution is 0.0456. The summed E-state index contributed by atoms with van der Waals surface area (Å²) in [5.41, 5.74) is 0.387. The number of carbonyl (C=O) groups excluding carboxylic acids is 1. The molecular weight excluding hydrogens is 546 g/mol. The molecule has 1 fully saturated rings.